The molecule has 1 amide bonds. The Morgan fingerprint density at radius 3 is 2.52 bits per heavy atom. The zero-order valence-electron chi connectivity index (χ0n) is 16.1. The summed E-state index contributed by atoms with van der Waals surface area (Å²) in [6, 6.07) is 9.14. The van der Waals surface area contributed by atoms with Gasteiger partial charge in [-0.05, 0) is 44.9 Å². The fourth-order valence-corrected chi connectivity index (χ4v) is 3.37. The molecule has 0 bridgehead atoms. The first kappa shape index (κ1) is 20.9. The van der Waals surface area contributed by atoms with Crippen molar-refractivity contribution in [1.29, 1.82) is 0 Å². The first-order valence-electron chi connectivity index (χ1n) is 8.92. The van der Waals surface area contributed by atoms with Crippen molar-refractivity contribution >= 4 is 23.6 Å². The van der Waals surface area contributed by atoms with Crippen LogP contribution < -0.4 is 5.32 Å². The molecule has 27 heavy (non-hydrogen) atoms. The van der Waals surface area contributed by atoms with Gasteiger partial charge in [-0.15, -0.1) is 0 Å². The van der Waals surface area contributed by atoms with Gasteiger partial charge in [0.25, 0.3) is 5.91 Å². The standard InChI is InChI=1S/C20H25N3O3S/c1-5-10-21-18(24)15(4)26-19(25)17-9-7-6-8-16(17)12-27-20-22-13(2)11-14(3)23-20/h6-9,11,15H,5,10,12H2,1-4H3,(H,21,24)/t15-/m0/s1. The predicted molar refractivity (Wildman–Crippen MR) is 106 cm³/mol. The number of aromatic nitrogens is 2. The molecule has 1 aromatic carbocycles. The van der Waals surface area contributed by atoms with Crippen LogP contribution in [-0.2, 0) is 15.3 Å². The summed E-state index contributed by atoms with van der Waals surface area (Å²) in [5.74, 6) is -0.266. The number of thioether (sulfide) groups is 1. The van der Waals surface area contributed by atoms with Crippen LogP contribution in [-0.4, -0.2) is 34.5 Å². The van der Waals surface area contributed by atoms with Crippen LogP contribution >= 0.6 is 11.8 Å². The van der Waals surface area contributed by atoms with E-state index in [9.17, 15) is 9.59 Å². The van der Waals surface area contributed by atoms with Gasteiger partial charge in [-0.3, -0.25) is 4.79 Å². The molecule has 144 valence electrons. The highest BCUT2D eigenvalue weighted by Crippen LogP contribution is 2.23. The molecule has 2 rings (SSSR count). The Hall–Kier alpha value is -2.41. The zero-order valence-corrected chi connectivity index (χ0v) is 16.9. The van der Waals surface area contributed by atoms with E-state index in [-0.39, 0.29) is 5.91 Å². The number of hydrogen-bond donors (Lipinski definition) is 1. The Balaban J connectivity index is 2.05. The highest BCUT2D eigenvalue weighted by atomic mass is 32.2. The molecule has 0 aliphatic heterocycles. The molecule has 1 N–H and O–H groups in total. The van der Waals surface area contributed by atoms with Crippen LogP contribution in [0.1, 0.15) is 47.6 Å². The molecule has 0 radical (unpaired) electrons. The largest absolute Gasteiger partial charge is 0.449 e. The lowest BCUT2D eigenvalue weighted by molar-refractivity contribution is -0.129. The quantitative estimate of drug-likeness (QED) is 0.424. The molecule has 0 spiro atoms. The minimum Gasteiger partial charge on any atom is -0.449 e. The van der Waals surface area contributed by atoms with Gasteiger partial charge in [-0.25, -0.2) is 14.8 Å². The summed E-state index contributed by atoms with van der Waals surface area (Å²) in [6.07, 6.45) is -0.0139. The van der Waals surface area contributed by atoms with Crippen LogP contribution in [0, 0.1) is 13.8 Å². The van der Waals surface area contributed by atoms with Gasteiger partial charge >= 0.3 is 5.97 Å². The SMILES string of the molecule is CCCNC(=O)[C@H](C)OC(=O)c1ccccc1CSc1nc(C)cc(C)n1. The topological polar surface area (TPSA) is 81.2 Å². The number of nitrogens with zero attached hydrogens (tertiary/aromatic N) is 2. The van der Waals surface area contributed by atoms with E-state index in [2.05, 4.69) is 15.3 Å². The molecule has 0 fully saturated rings. The number of benzene rings is 1. The molecule has 1 atom stereocenters. The Morgan fingerprint density at radius 2 is 1.85 bits per heavy atom. The first-order valence-corrected chi connectivity index (χ1v) is 9.91. The van der Waals surface area contributed by atoms with Crippen LogP contribution in [0.25, 0.3) is 0 Å². The van der Waals surface area contributed by atoms with Gasteiger partial charge in [-0.2, -0.15) is 0 Å². The fraction of sp³-hybridized carbons (Fsp3) is 0.400. The van der Waals surface area contributed by atoms with Crippen molar-refractivity contribution in [1.82, 2.24) is 15.3 Å². The van der Waals surface area contributed by atoms with E-state index < -0.39 is 12.1 Å². The van der Waals surface area contributed by atoms with Gasteiger partial charge in [0.1, 0.15) is 0 Å². The number of carbonyl (C=O) groups is 2. The van der Waals surface area contributed by atoms with Crippen molar-refractivity contribution < 1.29 is 14.3 Å². The maximum absolute atomic E-state index is 12.5. The summed E-state index contributed by atoms with van der Waals surface area (Å²) in [7, 11) is 0. The van der Waals surface area contributed by atoms with E-state index in [0.717, 1.165) is 23.4 Å². The van der Waals surface area contributed by atoms with Crippen LogP contribution in [0.4, 0.5) is 0 Å². The molecule has 6 nitrogen and oxygen atoms in total. The van der Waals surface area contributed by atoms with Gasteiger partial charge in [0.05, 0.1) is 5.56 Å². The maximum Gasteiger partial charge on any atom is 0.339 e. The molecular weight excluding hydrogens is 362 g/mol. The number of esters is 1. The van der Waals surface area contributed by atoms with Crippen molar-refractivity contribution in [2.45, 2.75) is 51.1 Å². The monoisotopic (exact) mass is 387 g/mol. The number of amides is 1. The summed E-state index contributed by atoms with van der Waals surface area (Å²) < 4.78 is 5.33. The molecule has 0 saturated heterocycles. The van der Waals surface area contributed by atoms with E-state index in [0.29, 0.717) is 23.0 Å². The smallest absolute Gasteiger partial charge is 0.339 e. The van der Waals surface area contributed by atoms with Crippen molar-refractivity contribution in [3.63, 3.8) is 0 Å². The molecule has 7 heteroatoms. The van der Waals surface area contributed by atoms with Crippen molar-refractivity contribution in [3.8, 4) is 0 Å². The second-order valence-corrected chi connectivity index (χ2v) is 7.16. The molecule has 0 unspecified atom stereocenters. The minimum absolute atomic E-state index is 0.291. The third-order valence-corrected chi connectivity index (χ3v) is 4.65. The summed E-state index contributed by atoms with van der Waals surface area (Å²) >= 11 is 1.46. The van der Waals surface area contributed by atoms with Gasteiger partial charge in [0.15, 0.2) is 11.3 Å². The Kier molecular flexibility index (Phi) is 7.79. The highest BCUT2D eigenvalue weighted by molar-refractivity contribution is 7.98. The van der Waals surface area contributed by atoms with Crippen LogP contribution in [0.15, 0.2) is 35.5 Å². The zero-order chi connectivity index (χ0) is 19.8. The lowest BCUT2D eigenvalue weighted by Crippen LogP contribution is -2.36. The third-order valence-electron chi connectivity index (χ3n) is 3.76. The average Bonchev–Trinajstić information content (AvgIpc) is 2.63. The summed E-state index contributed by atoms with van der Waals surface area (Å²) in [6.45, 7) is 7.95. The van der Waals surface area contributed by atoms with Crippen LogP contribution in [0.5, 0.6) is 0 Å². The molecule has 0 aliphatic rings. The number of rotatable bonds is 8. The number of carbonyl (C=O) groups excluding carboxylic acids is 2. The van der Waals surface area contributed by atoms with Crippen molar-refractivity contribution in [2.24, 2.45) is 0 Å². The number of ether oxygens (including phenoxy) is 1. The van der Waals surface area contributed by atoms with E-state index >= 15 is 0 Å². The molecule has 0 saturated carbocycles. The van der Waals surface area contributed by atoms with E-state index in [1.807, 2.05) is 39.0 Å². The minimum atomic E-state index is -0.840. The lowest BCUT2D eigenvalue weighted by Gasteiger charge is -2.14. The number of aryl methyl sites for hydroxylation is 2. The Morgan fingerprint density at radius 1 is 1.19 bits per heavy atom. The van der Waals surface area contributed by atoms with Crippen molar-refractivity contribution in [2.75, 3.05) is 6.54 Å². The highest BCUT2D eigenvalue weighted by Gasteiger charge is 2.20. The van der Waals surface area contributed by atoms with Gasteiger partial charge in [-0.1, -0.05) is 36.9 Å². The lowest BCUT2D eigenvalue weighted by atomic mass is 10.1. The van der Waals surface area contributed by atoms with Gasteiger partial charge in [0, 0.05) is 23.7 Å². The van der Waals surface area contributed by atoms with E-state index in [1.54, 1.807) is 19.1 Å². The summed E-state index contributed by atoms with van der Waals surface area (Å²) in [5, 5.41) is 3.39. The van der Waals surface area contributed by atoms with E-state index in [4.69, 9.17) is 4.74 Å². The molecule has 1 aromatic heterocycles. The maximum atomic E-state index is 12.5. The number of nitrogens with one attached hydrogen (secondary N) is 1. The molecule has 1 heterocycles. The van der Waals surface area contributed by atoms with Gasteiger partial charge < -0.3 is 10.1 Å². The summed E-state index contributed by atoms with van der Waals surface area (Å²) in [5.41, 5.74) is 3.08. The summed E-state index contributed by atoms with van der Waals surface area (Å²) in [4.78, 5) is 33.3. The normalized spacial score (nSPS) is 11.7. The molecular formula is C20H25N3O3S. The second kappa shape index (κ2) is 10.1. The van der Waals surface area contributed by atoms with E-state index in [1.165, 1.54) is 11.8 Å². The second-order valence-electron chi connectivity index (χ2n) is 6.22. The fourth-order valence-electron chi connectivity index (χ4n) is 2.42. The Labute approximate surface area is 164 Å². The Bertz CT molecular complexity index is 791. The first-order chi connectivity index (χ1) is 12.9. The van der Waals surface area contributed by atoms with Crippen LogP contribution in [0.3, 0.4) is 0 Å². The molecule has 2 aromatic rings. The van der Waals surface area contributed by atoms with Crippen molar-refractivity contribution in [3.05, 3.63) is 52.8 Å². The van der Waals surface area contributed by atoms with Crippen LogP contribution in [0.2, 0.25) is 0 Å². The molecule has 0 aliphatic carbocycles. The average molecular weight is 388 g/mol. The third kappa shape index (κ3) is 6.36. The van der Waals surface area contributed by atoms with Gasteiger partial charge in [0.2, 0.25) is 0 Å². The number of hydrogen-bond acceptors (Lipinski definition) is 6. The predicted octanol–water partition coefficient (Wildman–Crippen LogP) is 3.46.